The number of amides is 1. The summed E-state index contributed by atoms with van der Waals surface area (Å²) in [5.74, 6) is -1.13. The van der Waals surface area contributed by atoms with Crippen LogP contribution in [0.25, 0.3) is 10.9 Å². The predicted molar refractivity (Wildman–Crippen MR) is 92.4 cm³/mol. The highest BCUT2D eigenvalue weighted by atomic mass is 16.4. The highest BCUT2D eigenvalue weighted by molar-refractivity contribution is 5.85. The van der Waals surface area contributed by atoms with E-state index >= 15 is 0 Å². The van der Waals surface area contributed by atoms with E-state index in [-0.39, 0.29) is 24.4 Å². The molecule has 1 saturated heterocycles. The van der Waals surface area contributed by atoms with Crippen LogP contribution in [0.3, 0.4) is 0 Å². The molecule has 0 unspecified atom stereocenters. The predicted octanol–water partition coefficient (Wildman–Crippen LogP) is 1.04. The Morgan fingerprint density at radius 2 is 1.96 bits per heavy atom. The number of fused-ring (bicyclic) bond motifs is 2. The molecule has 0 spiro atoms. The maximum Gasteiger partial charge on any atom is 0.326 e. The van der Waals surface area contributed by atoms with Gasteiger partial charge in [-0.3, -0.25) is 9.59 Å². The van der Waals surface area contributed by atoms with Crippen LogP contribution in [0.2, 0.25) is 0 Å². The molecule has 1 N–H and O–H groups in total. The van der Waals surface area contributed by atoms with Crippen molar-refractivity contribution in [1.82, 2.24) is 19.9 Å². The van der Waals surface area contributed by atoms with Crippen molar-refractivity contribution in [2.75, 3.05) is 0 Å². The van der Waals surface area contributed by atoms with E-state index in [4.69, 9.17) is 0 Å². The Balaban J connectivity index is 1.63. The molecule has 1 aliphatic heterocycles. The molecule has 1 aliphatic carbocycles. The number of benzene rings is 1. The normalized spacial score (nSPS) is 25.2. The fourth-order valence-electron chi connectivity index (χ4n) is 4.38. The van der Waals surface area contributed by atoms with Crippen LogP contribution in [0.4, 0.5) is 0 Å². The molecule has 1 aromatic carbocycles. The van der Waals surface area contributed by atoms with Gasteiger partial charge in [0.15, 0.2) is 0 Å². The molecule has 26 heavy (non-hydrogen) atoms. The largest absolute Gasteiger partial charge is 0.480 e. The van der Waals surface area contributed by atoms with Crippen molar-refractivity contribution in [3.8, 4) is 0 Å². The maximum atomic E-state index is 12.9. The van der Waals surface area contributed by atoms with E-state index in [0.717, 1.165) is 30.4 Å². The number of carbonyl (C=O) groups is 2. The third kappa shape index (κ3) is 2.75. The molecule has 3 atom stereocenters. The van der Waals surface area contributed by atoms with Gasteiger partial charge in [-0.05, 0) is 37.3 Å². The van der Waals surface area contributed by atoms with E-state index in [2.05, 4.69) is 10.3 Å². The van der Waals surface area contributed by atoms with Gasteiger partial charge < -0.3 is 10.0 Å². The lowest BCUT2D eigenvalue weighted by Gasteiger charge is -2.33. The molecule has 1 aromatic heterocycles. The van der Waals surface area contributed by atoms with Crippen LogP contribution in [-0.4, -0.2) is 49.0 Å². The summed E-state index contributed by atoms with van der Waals surface area (Å²) in [5, 5.41) is 17.8. The summed E-state index contributed by atoms with van der Waals surface area (Å²) in [4.78, 5) is 38.6. The van der Waals surface area contributed by atoms with Crippen LogP contribution < -0.4 is 5.56 Å². The number of aromatic nitrogens is 3. The topological polar surface area (TPSA) is 105 Å². The number of hydrogen-bond donors (Lipinski definition) is 1. The number of nitrogens with zero attached hydrogens (tertiary/aromatic N) is 4. The molecule has 8 heteroatoms. The Labute approximate surface area is 149 Å². The van der Waals surface area contributed by atoms with Gasteiger partial charge in [-0.25, -0.2) is 9.48 Å². The highest BCUT2D eigenvalue weighted by Gasteiger charge is 2.47. The van der Waals surface area contributed by atoms with Crippen molar-refractivity contribution >= 4 is 22.8 Å². The Kier molecular flexibility index (Phi) is 4.18. The monoisotopic (exact) mass is 356 g/mol. The fourth-order valence-corrected chi connectivity index (χ4v) is 4.38. The SMILES string of the molecule is O=C(O)[C@@H]1C[C@H]2CCCC[C@H]2N1C(=O)Cn1nnc2ccccc2c1=O. The number of rotatable bonds is 3. The Morgan fingerprint density at radius 1 is 1.19 bits per heavy atom. The van der Waals surface area contributed by atoms with Crippen molar-refractivity contribution in [2.24, 2.45) is 5.92 Å². The van der Waals surface area contributed by atoms with Gasteiger partial charge >= 0.3 is 5.97 Å². The lowest BCUT2D eigenvalue weighted by Crippen LogP contribution is -2.48. The van der Waals surface area contributed by atoms with E-state index < -0.39 is 17.6 Å². The van der Waals surface area contributed by atoms with Gasteiger partial charge in [-0.15, -0.1) is 5.10 Å². The van der Waals surface area contributed by atoms with E-state index in [1.54, 1.807) is 24.3 Å². The molecule has 4 rings (SSSR count). The Hall–Kier alpha value is -2.77. The second-order valence-electron chi connectivity index (χ2n) is 7.07. The molecular weight excluding hydrogens is 336 g/mol. The number of carboxylic acid groups (broad SMARTS) is 1. The molecule has 8 nitrogen and oxygen atoms in total. The van der Waals surface area contributed by atoms with Crippen LogP contribution >= 0.6 is 0 Å². The second-order valence-corrected chi connectivity index (χ2v) is 7.07. The molecule has 2 aromatic rings. The van der Waals surface area contributed by atoms with Gasteiger partial charge in [0.2, 0.25) is 5.91 Å². The van der Waals surface area contributed by atoms with Crippen LogP contribution in [0.1, 0.15) is 32.1 Å². The molecular formula is C18H20N4O4. The van der Waals surface area contributed by atoms with Crippen molar-refractivity contribution in [3.63, 3.8) is 0 Å². The lowest BCUT2D eigenvalue weighted by molar-refractivity contribution is -0.150. The molecule has 0 radical (unpaired) electrons. The first-order valence-electron chi connectivity index (χ1n) is 8.93. The van der Waals surface area contributed by atoms with Crippen LogP contribution in [0, 0.1) is 5.92 Å². The summed E-state index contributed by atoms with van der Waals surface area (Å²) in [6, 6.07) is 5.94. The summed E-state index contributed by atoms with van der Waals surface area (Å²) in [7, 11) is 0. The van der Waals surface area contributed by atoms with Crippen molar-refractivity contribution in [3.05, 3.63) is 34.6 Å². The van der Waals surface area contributed by atoms with Crippen molar-refractivity contribution < 1.29 is 14.7 Å². The van der Waals surface area contributed by atoms with Gasteiger partial charge in [-0.1, -0.05) is 30.2 Å². The average molecular weight is 356 g/mol. The number of likely N-dealkylation sites (tertiary alicyclic amines) is 1. The van der Waals surface area contributed by atoms with Gasteiger partial charge in [0.05, 0.1) is 5.39 Å². The van der Waals surface area contributed by atoms with Gasteiger partial charge in [0.25, 0.3) is 5.56 Å². The summed E-state index contributed by atoms with van der Waals surface area (Å²) in [5.41, 5.74) is 0.0772. The third-order valence-electron chi connectivity index (χ3n) is 5.58. The first kappa shape index (κ1) is 16.7. The first-order chi connectivity index (χ1) is 12.6. The van der Waals surface area contributed by atoms with E-state index in [9.17, 15) is 19.5 Å². The smallest absolute Gasteiger partial charge is 0.326 e. The van der Waals surface area contributed by atoms with E-state index in [0.29, 0.717) is 17.3 Å². The summed E-state index contributed by atoms with van der Waals surface area (Å²) >= 11 is 0. The number of carbonyl (C=O) groups excluding carboxylic acids is 1. The minimum atomic E-state index is -0.982. The molecule has 0 bridgehead atoms. The molecule has 2 heterocycles. The Morgan fingerprint density at radius 3 is 2.77 bits per heavy atom. The molecule has 2 aliphatic rings. The number of hydrogen-bond acceptors (Lipinski definition) is 5. The molecule has 1 amide bonds. The van der Waals surface area contributed by atoms with Crippen LogP contribution in [0.5, 0.6) is 0 Å². The Bertz CT molecular complexity index is 925. The summed E-state index contributed by atoms with van der Waals surface area (Å²) in [6.07, 6.45) is 4.33. The van der Waals surface area contributed by atoms with Crippen LogP contribution in [-0.2, 0) is 16.1 Å². The quantitative estimate of drug-likeness (QED) is 0.881. The van der Waals surface area contributed by atoms with E-state index in [1.165, 1.54) is 4.90 Å². The molecule has 1 saturated carbocycles. The third-order valence-corrected chi connectivity index (χ3v) is 5.58. The molecule has 136 valence electrons. The second kappa shape index (κ2) is 6.51. The zero-order valence-electron chi connectivity index (χ0n) is 14.2. The van der Waals surface area contributed by atoms with E-state index in [1.807, 2.05) is 0 Å². The standard InChI is InChI=1S/C18H20N4O4/c23-16(10-21-17(24)12-6-2-3-7-13(12)19-20-21)22-14-8-4-1-5-11(14)9-15(22)18(25)26/h2-3,6-7,11,14-15H,1,4-5,8-10H2,(H,25,26)/t11-,14-,15+/m1/s1. The minimum Gasteiger partial charge on any atom is -0.480 e. The zero-order valence-corrected chi connectivity index (χ0v) is 14.2. The average Bonchev–Trinajstić information content (AvgIpc) is 3.04. The summed E-state index contributed by atoms with van der Waals surface area (Å²) < 4.78 is 1.03. The minimum absolute atomic E-state index is 0.0542. The van der Waals surface area contributed by atoms with Crippen LogP contribution in [0.15, 0.2) is 29.1 Å². The first-order valence-corrected chi connectivity index (χ1v) is 8.93. The highest BCUT2D eigenvalue weighted by Crippen LogP contribution is 2.39. The maximum absolute atomic E-state index is 12.9. The van der Waals surface area contributed by atoms with Gasteiger partial charge in [0.1, 0.15) is 18.1 Å². The number of aliphatic carboxylic acids is 1. The zero-order chi connectivity index (χ0) is 18.3. The van der Waals surface area contributed by atoms with Gasteiger partial charge in [-0.2, -0.15) is 0 Å². The van der Waals surface area contributed by atoms with Crippen molar-refractivity contribution in [2.45, 2.75) is 50.7 Å². The lowest BCUT2D eigenvalue weighted by atomic mass is 9.85. The summed E-state index contributed by atoms with van der Waals surface area (Å²) in [6.45, 7) is -0.288. The van der Waals surface area contributed by atoms with Crippen molar-refractivity contribution in [1.29, 1.82) is 0 Å². The van der Waals surface area contributed by atoms with Gasteiger partial charge in [0, 0.05) is 6.04 Å². The number of carboxylic acids is 1. The molecule has 2 fully saturated rings. The fraction of sp³-hybridized carbons (Fsp3) is 0.500.